The molecule has 2 aliphatic rings. The van der Waals surface area contributed by atoms with Gasteiger partial charge in [0, 0.05) is 0 Å². The lowest BCUT2D eigenvalue weighted by atomic mass is 9.93. The SMILES string of the molecule is C1CO1.CC1CO1.OCC(CO)(CO)CO. The van der Waals surface area contributed by atoms with Crippen molar-refractivity contribution in [2.24, 2.45) is 5.41 Å². The third kappa shape index (κ3) is 9.02. The van der Waals surface area contributed by atoms with E-state index in [1.165, 1.54) is 0 Å². The van der Waals surface area contributed by atoms with Gasteiger partial charge in [-0.05, 0) is 6.92 Å². The van der Waals surface area contributed by atoms with E-state index < -0.39 is 31.8 Å². The van der Waals surface area contributed by atoms with Crippen LogP contribution in [0.15, 0.2) is 0 Å². The number of epoxide rings is 2. The molecule has 16 heavy (non-hydrogen) atoms. The zero-order valence-corrected chi connectivity index (χ0v) is 9.63. The predicted octanol–water partition coefficient (Wildman–Crippen LogP) is -1.64. The zero-order chi connectivity index (χ0) is 12.4. The Kier molecular flexibility index (Phi) is 8.73. The van der Waals surface area contributed by atoms with E-state index in [2.05, 4.69) is 11.7 Å². The number of hydrogen-bond acceptors (Lipinski definition) is 6. The summed E-state index contributed by atoms with van der Waals surface area (Å²) in [6.07, 6.45) is 0.583. The Hall–Kier alpha value is -0.240. The summed E-state index contributed by atoms with van der Waals surface area (Å²) in [6, 6.07) is 0. The molecule has 2 aliphatic heterocycles. The molecule has 0 aromatic carbocycles. The van der Waals surface area contributed by atoms with E-state index >= 15 is 0 Å². The van der Waals surface area contributed by atoms with Gasteiger partial charge in [0.05, 0.1) is 57.8 Å². The van der Waals surface area contributed by atoms with Gasteiger partial charge in [-0.15, -0.1) is 0 Å². The van der Waals surface area contributed by atoms with E-state index in [0.29, 0.717) is 6.10 Å². The summed E-state index contributed by atoms with van der Waals surface area (Å²) in [5, 5.41) is 34.0. The number of ether oxygens (including phenoxy) is 2. The van der Waals surface area contributed by atoms with Gasteiger partial charge in [0.2, 0.25) is 0 Å². The van der Waals surface area contributed by atoms with E-state index in [1.54, 1.807) is 0 Å². The molecule has 6 heteroatoms. The summed E-state index contributed by atoms with van der Waals surface area (Å²) in [6.45, 7) is 3.42. The Morgan fingerprint density at radius 1 is 1.00 bits per heavy atom. The van der Waals surface area contributed by atoms with Gasteiger partial charge in [0.25, 0.3) is 0 Å². The molecule has 0 saturated carbocycles. The van der Waals surface area contributed by atoms with E-state index in [9.17, 15) is 0 Å². The van der Waals surface area contributed by atoms with E-state index in [4.69, 9.17) is 25.2 Å². The predicted molar refractivity (Wildman–Crippen MR) is 57.0 cm³/mol. The molecule has 2 saturated heterocycles. The van der Waals surface area contributed by atoms with Crippen LogP contribution >= 0.6 is 0 Å². The summed E-state index contributed by atoms with van der Waals surface area (Å²) in [7, 11) is 0. The molecule has 0 radical (unpaired) electrons. The molecular weight excluding hydrogens is 216 g/mol. The molecule has 4 N–H and O–H groups in total. The Morgan fingerprint density at radius 3 is 1.25 bits per heavy atom. The van der Waals surface area contributed by atoms with Crippen molar-refractivity contribution in [2.45, 2.75) is 13.0 Å². The lowest BCUT2D eigenvalue weighted by molar-refractivity contribution is -0.0328. The average molecular weight is 238 g/mol. The summed E-state index contributed by atoms with van der Waals surface area (Å²) in [5.41, 5.74) is -1.11. The van der Waals surface area contributed by atoms with E-state index in [0.717, 1.165) is 19.8 Å². The van der Waals surface area contributed by atoms with Crippen molar-refractivity contribution in [1.82, 2.24) is 0 Å². The van der Waals surface area contributed by atoms with Crippen molar-refractivity contribution < 1.29 is 29.9 Å². The molecule has 6 nitrogen and oxygen atoms in total. The van der Waals surface area contributed by atoms with Crippen LogP contribution in [-0.2, 0) is 9.47 Å². The Balaban J connectivity index is 0.000000256. The van der Waals surface area contributed by atoms with Crippen LogP contribution in [0.5, 0.6) is 0 Å². The summed E-state index contributed by atoms with van der Waals surface area (Å²) in [4.78, 5) is 0. The van der Waals surface area contributed by atoms with Gasteiger partial charge in [-0.2, -0.15) is 0 Å². The first-order chi connectivity index (χ1) is 7.64. The first kappa shape index (κ1) is 15.8. The second-order valence-electron chi connectivity index (χ2n) is 3.89. The zero-order valence-electron chi connectivity index (χ0n) is 9.63. The van der Waals surface area contributed by atoms with Crippen LogP contribution in [0.1, 0.15) is 6.92 Å². The summed E-state index contributed by atoms with van der Waals surface area (Å²) in [5.74, 6) is 0. The minimum atomic E-state index is -1.11. The minimum absolute atomic E-state index is 0.406. The minimum Gasteiger partial charge on any atom is -0.396 e. The van der Waals surface area contributed by atoms with Crippen LogP contribution in [0, 0.1) is 5.41 Å². The second-order valence-corrected chi connectivity index (χ2v) is 3.89. The monoisotopic (exact) mass is 238 g/mol. The number of aliphatic hydroxyl groups is 4. The van der Waals surface area contributed by atoms with E-state index in [-0.39, 0.29) is 0 Å². The Morgan fingerprint density at radius 2 is 1.25 bits per heavy atom. The summed E-state index contributed by atoms with van der Waals surface area (Å²) >= 11 is 0. The van der Waals surface area contributed by atoms with Gasteiger partial charge < -0.3 is 29.9 Å². The third-order valence-corrected chi connectivity index (χ3v) is 2.05. The van der Waals surface area contributed by atoms with Crippen molar-refractivity contribution in [3.8, 4) is 0 Å². The van der Waals surface area contributed by atoms with E-state index in [1.807, 2.05) is 0 Å². The first-order valence-corrected chi connectivity index (χ1v) is 5.27. The molecule has 1 atom stereocenters. The first-order valence-electron chi connectivity index (χ1n) is 5.27. The van der Waals surface area contributed by atoms with Crippen molar-refractivity contribution in [3.05, 3.63) is 0 Å². The van der Waals surface area contributed by atoms with Crippen LogP contribution in [0.25, 0.3) is 0 Å². The maximum Gasteiger partial charge on any atom is 0.0781 e. The maximum atomic E-state index is 8.50. The van der Waals surface area contributed by atoms with Crippen LogP contribution < -0.4 is 0 Å². The smallest absolute Gasteiger partial charge is 0.0781 e. The largest absolute Gasteiger partial charge is 0.396 e. The molecule has 2 heterocycles. The molecule has 0 aromatic rings. The van der Waals surface area contributed by atoms with Gasteiger partial charge in [-0.1, -0.05) is 0 Å². The van der Waals surface area contributed by atoms with Crippen LogP contribution in [0.4, 0.5) is 0 Å². The van der Waals surface area contributed by atoms with Gasteiger partial charge in [0.1, 0.15) is 0 Å². The Bertz CT molecular complexity index is 133. The molecule has 1 unspecified atom stereocenters. The Labute approximate surface area is 95.4 Å². The fourth-order valence-electron chi connectivity index (χ4n) is 0.396. The molecule has 0 amide bonds. The molecule has 2 fully saturated rings. The van der Waals surface area contributed by atoms with Gasteiger partial charge in [-0.3, -0.25) is 0 Å². The quantitative estimate of drug-likeness (QED) is 0.438. The average Bonchev–Trinajstić information content (AvgIpc) is 3.18. The van der Waals surface area contributed by atoms with Crippen LogP contribution in [0.2, 0.25) is 0 Å². The molecule has 0 spiro atoms. The molecule has 98 valence electrons. The maximum absolute atomic E-state index is 8.50. The molecule has 0 aliphatic carbocycles. The lowest BCUT2D eigenvalue weighted by Gasteiger charge is -2.23. The highest BCUT2D eigenvalue weighted by Crippen LogP contribution is 2.11. The lowest BCUT2D eigenvalue weighted by Crippen LogP contribution is -2.37. The highest BCUT2D eigenvalue weighted by Gasteiger charge is 2.26. The number of hydrogen-bond donors (Lipinski definition) is 4. The second kappa shape index (κ2) is 8.86. The third-order valence-electron chi connectivity index (χ3n) is 2.05. The number of aliphatic hydroxyl groups excluding tert-OH is 4. The normalized spacial score (nSPS) is 21.2. The molecule has 0 bridgehead atoms. The van der Waals surface area contributed by atoms with Crippen molar-refractivity contribution >= 4 is 0 Å². The van der Waals surface area contributed by atoms with Crippen LogP contribution in [-0.4, -0.2) is 72.8 Å². The van der Waals surface area contributed by atoms with Gasteiger partial charge in [0.15, 0.2) is 0 Å². The number of rotatable bonds is 4. The molecular formula is C10H22O6. The fraction of sp³-hybridized carbons (Fsp3) is 1.00. The van der Waals surface area contributed by atoms with Crippen molar-refractivity contribution in [1.29, 1.82) is 0 Å². The van der Waals surface area contributed by atoms with Crippen LogP contribution in [0.3, 0.4) is 0 Å². The standard InChI is InChI=1S/C5H12O4.C3H6O.C2H4O/c6-1-5(2-7,3-8)4-9;1-3-2-4-3;1-2-3-1/h6-9H,1-4H2;3H,2H2,1H3;1-2H2. The fourth-order valence-corrected chi connectivity index (χ4v) is 0.396. The molecule has 2 rings (SSSR count). The summed E-state index contributed by atoms with van der Waals surface area (Å²) < 4.78 is 9.21. The van der Waals surface area contributed by atoms with Gasteiger partial charge >= 0.3 is 0 Å². The van der Waals surface area contributed by atoms with Crippen molar-refractivity contribution in [2.75, 3.05) is 46.2 Å². The molecule has 0 aromatic heterocycles. The highest BCUT2D eigenvalue weighted by atomic mass is 16.6. The topological polar surface area (TPSA) is 106 Å². The van der Waals surface area contributed by atoms with Crippen molar-refractivity contribution in [3.63, 3.8) is 0 Å². The van der Waals surface area contributed by atoms with Gasteiger partial charge in [-0.25, -0.2) is 0 Å². The highest BCUT2D eigenvalue weighted by molar-refractivity contribution is 4.74.